The van der Waals surface area contributed by atoms with Crippen molar-refractivity contribution in [3.8, 4) is 5.75 Å². The SMILES string of the molecule is CCCCCCCCCC(C)=O.NC(N)=NN=Cc1ccccc1O. The summed E-state index contributed by atoms with van der Waals surface area (Å²) < 4.78 is 0. The van der Waals surface area contributed by atoms with E-state index in [1.807, 2.05) is 0 Å². The number of para-hydroxylation sites is 1. The van der Waals surface area contributed by atoms with Gasteiger partial charge in [-0.2, -0.15) is 5.10 Å². The molecule has 0 unspecified atom stereocenters. The Labute approximate surface area is 151 Å². The number of rotatable bonds is 10. The first kappa shape index (κ1) is 22.6. The molecule has 0 radical (unpaired) electrons. The molecule has 1 rings (SSSR count). The van der Waals surface area contributed by atoms with Crippen molar-refractivity contribution in [1.29, 1.82) is 0 Å². The van der Waals surface area contributed by atoms with Gasteiger partial charge in [0, 0.05) is 12.0 Å². The molecule has 0 fully saturated rings. The first-order chi connectivity index (χ1) is 12.0. The highest BCUT2D eigenvalue weighted by Crippen LogP contribution is 2.12. The summed E-state index contributed by atoms with van der Waals surface area (Å²) in [5.74, 6) is 0.354. The van der Waals surface area contributed by atoms with Crippen molar-refractivity contribution >= 4 is 18.0 Å². The minimum absolute atomic E-state index is 0.119. The fourth-order valence-corrected chi connectivity index (χ4v) is 2.09. The van der Waals surface area contributed by atoms with Crippen LogP contribution in [0.2, 0.25) is 0 Å². The van der Waals surface area contributed by atoms with Gasteiger partial charge >= 0.3 is 0 Å². The van der Waals surface area contributed by atoms with Gasteiger partial charge in [0.2, 0.25) is 5.96 Å². The molecule has 6 nitrogen and oxygen atoms in total. The molecule has 0 heterocycles. The van der Waals surface area contributed by atoms with Crippen LogP contribution in [0.5, 0.6) is 5.75 Å². The molecule has 0 saturated carbocycles. The van der Waals surface area contributed by atoms with Crippen LogP contribution in [-0.4, -0.2) is 23.1 Å². The Hall–Kier alpha value is -2.37. The summed E-state index contributed by atoms with van der Waals surface area (Å²) in [7, 11) is 0. The van der Waals surface area contributed by atoms with Gasteiger partial charge in [0.05, 0.1) is 6.21 Å². The highest BCUT2D eigenvalue weighted by atomic mass is 16.3. The number of aromatic hydroxyl groups is 1. The van der Waals surface area contributed by atoms with Gasteiger partial charge in [-0.25, -0.2) is 0 Å². The lowest BCUT2D eigenvalue weighted by Gasteiger charge is -1.98. The number of ketones is 1. The third kappa shape index (κ3) is 14.9. The summed E-state index contributed by atoms with van der Waals surface area (Å²) in [6, 6.07) is 6.74. The number of carbonyl (C=O) groups is 1. The number of hydrogen-bond acceptors (Lipinski definition) is 4. The van der Waals surface area contributed by atoms with Crippen LogP contribution in [0.3, 0.4) is 0 Å². The van der Waals surface area contributed by atoms with Gasteiger partial charge in [-0.05, 0) is 25.5 Å². The normalized spacial score (nSPS) is 10.2. The molecule has 0 aliphatic heterocycles. The molecule has 0 bridgehead atoms. The number of carbonyl (C=O) groups excluding carboxylic acids is 1. The highest BCUT2D eigenvalue weighted by molar-refractivity contribution is 5.84. The lowest BCUT2D eigenvalue weighted by molar-refractivity contribution is -0.117. The second kappa shape index (κ2) is 15.2. The van der Waals surface area contributed by atoms with Crippen molar-refractivity contribution in [3.63, 3.8) is 0 Å². The van der Waals surface area contributed by atoms with E-state index in [1.165, 1.54) is 44.7 Å². The molecule has 0 amide bonds. The fourth-order valence-electron chi connectivity index (χ4n) is 2.09. The smallest absolute Gasteiger partial charge is 0.211 e. The van der Waals surface area contributed by atoms with E-state index in [-0.39, 0.29) is 11.7 Å². The molecule has 1 aromatic rings. The van der Waals surface area contributed by atoms with Crippen molar-refractivity contribution in [1.82, 2.24) is 0 Å². The number of benzene rings is 1. The second-order valence-electron chi connectivity index (χ2n) is 5.90. The predicted octanol–water partition coefficient (Wildman–Crippen LogP) is 3.72. The number of phenolic OH excluding ortho intramolecular Hbond substituents is 1. The summed E-state index contributed by atoms with van der Waals surface area (Å²) in [4.78, 5) is 10.6. The van der Waals surface area contributed by atoms with E-state index in [1.54, 1.807) is 31.2 Å². The van der Waals surface area contributed by atoms with Crippen LogP contribution < -0.4 is 11.5 Å². The monoisotopic (exact) mass is 348 g/mol. The van der Waals surface area contributed by atoms with E-state index in [0.29, 0.717) is 11.3 Å². The van der Waals surface area contributed by atoms with Crippen LogP contribution in [0.4, 0.5) is 0 Å². The van der Waals surface area contributed by atoms with Crippen LogP contribution in [0.25, 0.3) is 0 Å². The van der Waals surface area contributed by atoms with Crippen LogP contribution in [0.1, 0.15) is 70.8 Å². The summed E-state index contributed by atoms with van der Waals surface area (Å²) in [5, 5.41) is 16.2. The summed E-state index contributed by atoms with van der Waals surface area (Å²) in [6.07, 6.45) is 11.2. The second-order valence-corrected chi connectivity index (χ2v) is 5.90. The Bertz CT molecular complexity index is 538. The molecule has 0 atom stereocenters. The van der Waals surface area contributed by atoms with Crippen LogP contribution in [0.15, 0.2) is 34.5 Å². The van der Waals surface area contributed by atoms with E-state index in [2.05, 4.69) is 17.1 Å². The average Bonchev–Trinajstić information content (AvgIpc) is 2.56. The minimum atomic E-state index is -0.119. The van der Waals surface area contributed by atoms with Gasteiger partial charge in [0.1, 0.15) is 11.5 Å². The maximum absolute atomic E-state index is 10.6. The Kier molecular flexibility index (Phi) is 13.7. The van der Waals surface area contributed by atoms with Gasteiger partial charge in [0.25, 0.3) is 0 Å². The van der Waals surface area contributed by atoms with E-state index >= 15 is 0 Å². The largest absolute Gasteiger partial charge is 0.507 e. The standard InChI is InChI=1S/C11H22O.C8H10N4O/c1-3-4-5-6-7-8-9-10-11(2)12;9-8(10)12-11-5-6-3-1-2-4-7(6)13/h3-10H2,1-2H3;1-5,13H,(H4,9,10,12). The maximum Gasteiger partial charge on any atom is 0.211 e. The zero-order valence-corrected chi connectivity index (χ0v) is 15.4. The van der Waals surface area contributed by atoms with Crippen LogP contribution >= 0.6 is 0 Å². The van der Waals surface area contributed by atoms with Gasteiger partial charge in [0.15, 0.2) is 0 Å². The summed E-state index contributed by atoms with van der Waals surface area (Å²) in [6.45, 7) is 3.91. The molecule has 0 saturated heterocycles. The average molecular weight is 348 g/mol. The van der Waals surface area contributed by atoms with Gasteiger partial charge in [-0.3, -0.25) is 0 Å². The molecule has 0 aliphatic rings. The molecule has 0 aliphatic carbocycles. The van der Waals surface area contributed by atoms with Gasteiger partial charge in [-0.1, -0.05) is 57.6 Å². The Morgan fingerprint density at radius 1 is 1.08 bits per heavy atom. The topological polar surface area (TPSA) is 114 Å². The fraction of sp³-hybridized carbons (Fsp3) is 0.526. The zero-order valence-electron chi connectivity index (χ0n) is 15.4. The number of hydrogen-bond donors (Lipinski definition) is 3. The predicted molar refractivity (Wildman–Crippen MR) is 105 cm³/mol. The molecule has 5 N–H and O–H groups in total. The molecule has 6 heteroatoms. The summed E-state index contributed by atoms with van der Waals surface area (Å²) >= 11 is 0. The Morgan fingerprint density at radius 2 is 1.68 bits per heavy atom. The molecular weight excluding hydrogens is 316 g/mol. The van der Waals surface area contributed by atoms with Crippen molar-refractivity contribution < 1.29 is 9.90 Å². The van der Waals surface area contributed by atoms with Crippen molar-refractivity contribution in [3.05, 3.63) is 29.8 Å². The number of phenols is 1. The quantitative estimate of drug-likeness (QED) is 0.259. The highest BCUT2D eigenvalue weighted by Gasteiger charge is 1.94. The molecule has 25 heavy (non-hydrogen) atoms. The van der Waals surface area contributed by atoms with E-state index in [9.17, 15) is 9.90 Å². The minimum Gasteiger partial charge on any atom is -0.507 e. The number of Topliss-reactive ketones (excluding diaryl/α,β-unsaturated/α-hetero) is 1. The molecule has 0 aromatic heterocycles. The van der Waals surface area contributed by atoms with Crippen LogP contribution in [0, 0.1) is 0 Å². The van der Waals surface area contributed by atoms with E-state index in [0.717, 1.165) is 12.8 Å². The van der Waals surface area contributed by atoms with Gasteiger partial charge in [-0.15, -0.1) is 5.10 Å². The first-order valence-electron chi connectivity index (χ1n) is 8.86. The first-order valence-corrected chi connectivity index (χ1v) is 8.86. The summed E-state index contributed by atoms with van der Waals surface area (Å²) in [5.41, 5.74) is 10.7. The number of guanidine groups is 1. The molecule has 0 spiro atoms. The van der Waals surface area contributed by atoms with Gasteiger partial charge < -0.3 is 21.4 Å². The van der Waals surface area contributed by atoms with E-state index < -0.39 is 0 Å². The van der Waals surface area contributed by atoms with Crippen molar-refractivity contribution in [2.75, 3.05) is 0 Å². The number of nitrogens with zero attached hydrogens (tertiary/aromatic N) is 2. The van der Waals surface area contributed by atoms with Crippen molar-refractivity contribution in [2.45, 2.75) is 65.2 Å². The number of nitrogens with two attached hydrogens (primary N) is 2. The van der Waals surface area contributed by atoms with Crippen molar-refractivity contribution in [2.24, 2.45) is 21.7 Å². The lowest BCUT2D eigenvalue weighted by Crippen LogP contribution is -2.21. The Balaban J connectivity index is 0.000000463. The van der Waals surface area contributed by atoms with E-state index in [4.69, 9.17) is 11.5 Å². The molecule has 1 aromatic carbocycles. The zero-order chi connectivity index (χ0) is 18.9. The van der Waals surface area contributed by atoms with Crippen LogP contribution in [-0.2, 0) is 4.79 Å². The number of unbranched alkanes of at least 4 members (excludes halogenated alkanes) is 6. The lowest BCUT2D eigenvalue weighted by atomic mass is 10.1. The third-order valence-electron chi connectivity index (χ3n) is 3.44. The molecular formula is C19H32N4O2. The molecule has 140 valence electrons. The Morgan fingerprint density at radius 3 is 2.24 bits per heavy atom. The maximum atomic E-state index is 10.6. The third-order valence-corrected chi connectivity index (χ3v) is 3.44.